The van der Waals surface area contributed by atoms with Crippen molar-refractivity contribution < 1.29 is 4.79 Å². The van der Waals surface area contributed by atoms with Crippen LogP contribution in [0.4, 0.5) is 0 Å². The molecule has 0 bridgehead atoms. The Kier molecular flexibility index (Phi) is 5.26. The second kappa shape index (κ2) is 6.95. The lowest BCUT2D eigenvalue weighted by Crippen LogP contribution is -2.35. The number of amides is 1. The zero-order valence-electron chi connectivity index (χ0n) is 11.5. The zero-order chi connectivity index (χ0) is 13.7. The normalized spacial score (nSPS) is 21.2. The molecule has 0 N–H and O–H groups in total. The Labute approximate surface area is 120 Å². The molecule has 104 valence electrons. The van der Waals surface area contributed by atoms with Gasteiger partial charge in [0.2, 0.25) is 5.91 Å². The molecule has 0 aromatic heterocycles. The van der Waals surface area contributed by atoms with Gasteiger partial charge in [0.05, 0.1) is 0 Å². The molecular weight excluding hydrogens is 258 g/mol. The third-order valence-corrected chi connectivity index (χ3v) is 3.95. The number of carbonyl (C=O) groups is 1. The van der Waals surface area contributed by atoms with Gasteiger partial charge in [0, 0.05) is 24.9 Å². The first-order valence-corrected chi connectivity index (χ1v) is 7.71. The molecule has 1 aliphatic rings. The van der Waals surface area contributed by atoms with Gasteiger partial charge in [-0.15, -0.1) is 11.6 Å². The number of carbonyl (C=O) groups excluding carboxylic acids is 1. The average molecular weight is 280 g/mol. The molecule has 2 nitrogen and oxygen atoms in total. The first-order valence-electron chi connectivity index (χ1n) is 7.17. The summed E-state index contributed by atoms with van der Waals surface area (Å²) in [4.78, 5) is 14.4. The molecular formula is C16H22ClNO. The fourth-order valence-electron chi connectivity index (χ4n) is 2.55. The molecule has 2 rings (SSSR count). The molecule has 0 aliphatic heterocycles. The summed E-state index contributed by atoms with van der Waals surface area (Å²) in [5.74, 6) is 1.43. The summed E-state index contributed by atoms with van der Waals surface area (Å²) in [6, 6.07) is 10.3. The molecule has 1 saturated carbocycles. The van der Waals surface area contributed by atoms with Gasteiger partial charge in [-0.25, -0.2) is 0 Å². The number of halogens is 1. The minimum absolute atomic E-state index is 0.183. The fourth-order valence-corrected chi connectivity index (χ4v) is 2.76. The lowest BCUT2D eigenvalue weighted by molar-refractivity contribution is -0.132. The van der Waals surface area contributed by atoms with E-state index in [1.807, 2.05) is 23.1 Å². The number of unbranched alkanes of at least 4 members (excludes halogenated alkanes) is 1. The van der Waals surface area contributed by atoms with Gasteiger partial charge in [-0.05, 0) is 24.3 Å². The van der Waals surface area contributed by atoms with Crippen molar-refractivity contribution in [3.8, 4) is 0 Å². The van der Waals surface area contributed by atoms with E-state index < -0.39 is 0 Å². The summed E-state index contributed by atoms with van der Waals surface area (Å²) < 4.78 is 0. The van der Waals surface area contributed by atoms with E-state index in [-0.39, 0.29) is 5.92 Å². The van der Waals surface area contributed by atoms with Crippen LogP contribution in [0.2, 0.25) is 0 Å². The summed E-state index contributed by atoms with van der Waals surface area (Å²) in [5, 5.41) is 0. The van der Waals surface area contributed by atoms with E-state index in [1.165, 1.54) is 5.56 Å². The lowest BCUT2D eigenvalue weighted by Gasteiger charge is -2.21. The summed E-state index contributed by atoms with van der Waals surface area (Å²) in [6.45, 7) is 3.67. The van der Waals surface area contributed by atoms with E-state index >= 15 is 0 Å². The number of hydrogen-bond acceptors (Lipinski definition) is 1. The average Bonchev–Trinajstić information content (AvgIpc) is 3.24. The summed E-state index contributed by atoms with van der Waals surface area (Å²) in [5.41, 5.74) is 1.29. The van der Waals surface area contributed by atoms with E-state index in [2.05, 4.69) is 19.1 Å². The summed E-state index contributed by atoms with van der Waals surface area (Å²) in [6.07, 6.45) is 3.16. The van der Waals surface area contributed by atoms with Crippen LogP contribution in [-0.2, 0) is 4.79 Å². The highest BCUT2D eigenvalue weighted by atomic mass is 35.5. The topological polar surface area (TPSA) is 20.3 Å². The maximum Gasteiger partial charge on any atom is 0.226 e. The predicted molar refractivity (Wildman–Crippen MR) is 79.5 cm³/mol. The van der Waals surface area contributed by atoms with Crippen LogP contribution in [0.25, 0.3) is 0 Å². The first kappa shape index (κ1) is 14.4. The molecule has 0 saturated heterocycles. The van der Waals surface area contributed by atoms with Crippen molar-refractivity contribution in [2.24, 2.45) is 5.92 Å². The van der Waals surface area contributed by atoms with Crippen molar-refractivity contribution in [1.29, 1.82) is 0 Å². The van der Waals surface area contributed by atoms with Gasteiger partial charge < -0.3 is 4.90 Å². The standard InChI is InChI=1S/C16H22ClNO/c1-2-3-10-18(11-9-17)16(19)15-12-14(15)13-7-5-4-6-8-13/h4-8,14-15H,2-3,9-12H2,1H3. The fraction of sp³-hybridized carbons (Fsp3) is 0.562. The summed E-state index contributed by atoms with van der Waals surface area (Å²) >= 11 is 5.80. The van der Waals surface area contributed by atoms with E-state index in [0.29, 0.717) is 24.2 Å². The van der Waals surface area contributed by atoms with Crippen molar-refractivity contribution in [2.45, 2.75) is 32.1 Å². The highest BCUT2D eigenvalue weighted by molar-refractivity contribution is 6.18. The van der Waals surface area contributed by atoms with E-state index in [1.54, 1.807) is 0 Å². The molecule has 19 heavy (non-hydrogen) atoms. The maximum atomic E-state index is 12.5. The predicted octanol–water partition coefficient (Wildman–Crippen LogP) is 3.66. The largest absolute Gasteiger partial charge is 0.341 e. The van der Waals surface area contributed by atoms with Gasteiger partial charge >= 0.3 is 0 Å². The molecule has 3 heteroatoms. The Morgan fingerprint density at radius 1 is 1.32 bits per heavy atom. The molecule has 0 spiro atoms. The Bertz CT molecular complexity index is 406. The Morgan fingerprint density at radius 2 is 2.05 bits per heavy atom. The number of rotatable bonds is 7. The SMILES string of the molecule is CCCCN(CCCl)C(=O)C1CC1c1ccccc1. The third kappa shape index (κ3) is 3.73. The van der Waals surface area contributed by atoms with Crippen LogP contribution in [0.3, 0.4) is 0 Å². The van der Waals surface area contributed by atoms with Crippen molar-refractivity contribution >= 4 is 17.5 Å². The van der Waals surface area contributed by atoms with Gasteiger partial charge in [0.15, 0.2) is 0 Å². The quantitative estimate of drug-likeness (QED) is 0.698. The molecule has 1 fully saturated rings. The molecule has 1 aromatic carbocycles. The lowest BCUT2D eigenvalue weighted by atomic mass is 10.1. The minimum atomic E-state index is 0.183. The van der Waals surface area contributed by atoms with Crippen LogP contribution < -0.4 is 0 Å². The molecule has 2 atom stereocenters. The maximum absolute atomic E-state index is 12.5. The van der Waals surface area contributed by atoms with Crippen molar-refractivity contribution in [2.75, 3.05) is 19.0 Å². The smallest absolute Gasteiger partial charge is 0.226 e. The molecule has 1 amide bonds. The van der Waals surface area contributed by atoms with Gasteiger partial charge in [0.1, 0.15) is 0 Å². The molecule has 0 heterocycles. The van der Waals surface area contributed by atoms with Crippen LogP contribution >= 0.6 is 11.6 Å². The van der Waals surface area contributed by atoms with Gasteiger partial charge in [0.25, 0.3) is 0 Å². The van der Waals surface area contributed by atoms with Crippen molar-refractivity contribution in [3.63, 3.8) is 0 Å². The second-order valence-corrected chi connectivity index (χ2v) is 5.61. The van der Waals surface area contributed by atoms with Crippen molar-refractivity contribution in [3.05, 3.63) is 35.9 Å². The minimum Gasteiger partial charge on any atom is -0.341 e. The van der Waals surface area contributed by atoms with Gasteiger partial charge in [-0.2, -0.15) is 0 Å². The second-order valence-electron chi connectivity index (χ2n) is 5.23. The molecule has 1 aromatic rings. The number of alkyl halides is 1. The number of hydrogen-bond donors (Lipinski definition) is 0. The van der Waals surface area contributed by atoms with Crippen molar-refractivity contribution in [1.82, 2.24) is 4.90 Å². The first-order chi connectivity index (χ1) is 9.27. The van der Waals surface area contributed by atoms with Gasteiger partial charge in [-0.1, -0.05) is 43.7 Å². The van der Waals surface area contributed by atoms with Crippen LogP contribution in [-0.4, -0.2) is 29.8 Å². The molecule has 1 aliphatic carbocycles. The zero-order valence-corrected chi connectivity index (χ0v) is 12.3. The van der Waals surface area contributed by atoms with Crippen LogP contribution in [0.15, 0.2) is 30.3 Å². The number of benzene rings is 1. The van der Waals surface area contributed by atoms with E-state index in [4.69, 9.17) is 11.6 Å². The molecule has 2 unspecified atom stereocenters. The Balaban J connectivity index is 1.93. The third-order valence-electron chi connectivity index (χ3n) is 3.78. The van der Waals surface area contributed by atoms with Crippen LogP contribution in [0.5, 0.6) is 0 Å². The van der Waals surface area contributed by atoms with Crippen LogP contribution in [0.1, 0.15) is 37.7 Å². The number of nitrogens with zero attached hydrogens (tertiary/aromatic N) is 1. The van der Waals surface area contributed by atoms with E-state index in [0.717, 1.165) is 25.8 Å². The molecule has 0 radical (unpaired) electrons. The van der Waals surface area contributed by atoms with E-state index in [9.17, 15) is 4.79 Å². The summed E-state index contributed by atoms with van der Waals surface area (Å²) in [7, 11) is 0. The Hall–Kier alpha value is -1.02. The Morgan fingerprint density at radius 3 is 2.68 bits per heavy atom. The highest BCUT2D eigenvalue weighted by Gasteiger charge is 2.45. The highest BCUT2D eigenvalue weighted by Crippen LogP contribution is 2.48. The van der Waals surface area contributed by atoms with Crippen LogP contribution in [0, 0.1) is 5.92 Å². The monoisotopic (exact) mass is 279 g/mol. The van der Waals surface area contributed by atoms with Gasteiger partial charge in [-0.3, -0.25) is 4.79 Å².